The number of thiocarbonyl (C=S) groups is 1. The average Bonchev–Trinajstić information content (AvgIpc) is 3.62. The summed E-state index contributed by atoms with van der Waals surface area (Å²) in [5.41, 5.74) is 3.45. The molecule has 36 heavy (non-hydrogen) atoms. The van der Waals surface area contributed by atoms with Gasteiger partial charge in [-0.2, -0.15) is 0 Å². The molecule has 1 saturated carbocycles. The highest BCUT2D eigenvalue weighted by molar-refractivity contribution is 7.90. The van der Waals surface area contributed by atoms with Crippen LogP contribution in [0.15, 0.2) is 59.9 Å². The lowest BCUT2D eigenvalue weighted by Crippen LogP contribution is -2.36. The molecule has 0 aliphatic heterocycles. The zero-order valence-corrected chi connectivity index (χ0v) is 22.4. The van der Waals surface area contributed by atoms with E-state index in [-0.39, 0.29) is 10.9 Å². The number of benzene rings is 2. The van der Waals surface area contributed by atoms with Crippen molar-refractivity contribution in [3.05, 3.63) is 71.5 Å². The number of hydrogen-bond acceptors (Lipinski definition) is 6. The summed E-state index contributed by atoms with van der Waals surface area (Å²) in [7, 11) is -0.437. The molecule has 192 valence electrons. The predicted octanol–water partition coefficient (Wildman–Crippen LogP) is 4.18. The molecule has 10 heteroatoms. The largest absolute Gasteiger partial charge is 0.497 e. The zero-order chi connectivity index (χ0) is 25.7. The molecule has 1 fully saturated rings. The Labute approximate surface area is 218 Å². The van der Waals surface area contributed by atoms with E-state index < -0.39 is 9.84 Å². The summed E-state index contributed by atoms with van der Waals surface area (Å²) in [6.07, 6.45) is 3.72. The topological polar surface area (TPSA) is 85.7 Å². The van der Waals surface area contributed by atoms with Crippen LogP contribution in [0.3, 0.4) is 0 Å². The summed E-state index contributed by atoms with van der Waals surface area (Å²) in [4.78, 5) is 6.47. The Balaban J connectivity index is 1.56. The van der Waals surface area contributed by atoms with Crippen LogP contribution in [0.4, 0.5) is 5.69 Å². The highest BCUT2D eigenvalue weighted by atomic mass is 32.2. The Morgan fingerprint density at radius 3 is 2.44 bits per heavy atom. The van der Waals surface area contributed by atoms with Gasteiger partial charge in [-0.05, 0) is 61.8 Å². The third kappa shape index (κ3) is 6.43. The molecule has 0 amide bonds. The zero-order valence-electron chi connectivity index (χ0n) is 20.8. The lowest BCUT2D eigenvalue weighted by Gasteiger charge is -2.26. The quantitative estimate of drug-likeness (QED) is 0.371. The van der Waals surface area contributed by atoms with Gasteiger partial charge in [0.2, 0.25) is 15.0 Å². The van der Waals surface area contributed by atoms with Crippen LogP contribution in [0.2, 0.25) is 0 Å². The fourth-order valence-corrected chi connectivity index (χ4v) is 5.80. The van der Waals surface area contributed by atoms with Gasteiger partial charge in [0, 0.05) is 25.4 Å². The Hall–Kier alpha value is -2.95. The van der Waals surface area contributed by atoms with Gasteiger partial charge >= 0.3 is 0 Å². The number of aromatic nitrogens is 2. The fourth-order valence-electron chi connectivity index (χ4n) is 3.95. The molecule has 8 nitrogen and oxygen atoms in total. The van der Waals surface area contributed by atoms with Gasteiger partial charge in [0.15, 0.2) is 5.11 Å². The number of nitrogens with one attached hydrogen (secondary N) is 1. The third-order valence-electron chi connectivity index (χ3n) is 6.10. The number of sulfone groups is 1. The molecule has 0 saturated heterocycles. The molecule has 1 aliphatic rings. The SMILES string of the molecule is COCCn1c(CN(C(=S)Nc2ccc(OC)cc2)C2CC2)cnc1S(=O)(=O)Cc1ccc(C)cc1. The maximum atomic E-state index is 13.4. The van der Waals surface area contributed by atoms with E-state index >= 15 is 0 Å². The van der Waals surface area contributed by atoms with Gasteiger partial charge < -0.3 is 24.3 Å². The van der Waals surface area contributed by atoms with Crippen LogP contribution < -0.4 is 10.1 Å². The number of ether oxygens (including phenoxy) is 2. The van der Waals surface area contributed by atoms with Gasteiger partial charge in [-0.25, -0.2) is 13.4 Å². The summed E-state index contributed by atoms with van der Waals surface area (Å²) in [6, 6.07) is 15.4. The lowest BCUT2D eigenvalue weighted by molar-refractivity contribution is 0.182. The molecular weight excluding hydrogens is 496 g/mol. The molecule has 0 radical (unpaired) electrons. The molecule has 0 spiro atoms. The van der Waals surface area contributed by atoms with E-state index in [9.17, 15) is 8.42 Å². The molecule has 4 rings (SSSR count). The van der Waals surface area contributed by atoms with E-state index in [4.69, 9.17) is 21.7 Å². The monoisotopic (exact) mass is 528 g/mol. The van der Waals surface area contributed by atoms with Crippen molar-refractivity contribution in [3.63, 3.8) is 0 Å². The van der Waals surface area contributed by atoms with E-state index in [2.05, 4.69) is 15.2 Å². The number of methoxy groups -OCH3 is 2. The van der Waals surface area contributed by atoms with Crippen LogP contribution in [0, 0.1) is 6.92 Å². The van der Waals surface area contributed by atoms with Gasteiger partial charge in [0.1, 0.15) is 5.75 Å². The van der Waals surface area contributed by atoms with E-state index in [0.717, 1.165) is 41.1 Å². The van der Waals surface area contributed by atoms with Crippen molar-refractivity contribution in [3.8, 4) is 5.75 Å². The number of imidazole rings is 1. The van der Waals surface area contributed by atoms with E-state index in [1.165, 1.54) is 0 Å². The number of anilines is 1. The first-order valence-electron chi connectivity index (χ1n) is 11.8. The summed E-state index contributed by atoms with van der Waals surface area (Å²) in [5, 5.41) is 3.95. The molecule has 1 heterocycles. The average molecular weight is 529 g/mol. The van der Waals surface area contributed by atoms with Crippen molar-refractivity contribution in [1.82, 2.24) is 14.5 Å². The summed E-state index contributed by atoms with van der Waals surface area (Å²) < 4.78 is 39.0. The third-order valence-corrected chi connectivity index (χ3v) is 8.03. The molecule has 1 aliphatic carbocycles. The van der Waals surface area contributed by atoms with E-state index in [1.54, 1.807) is 25.0 Å². The first-order valence-corrected chi connectivity index (χ1v) is 13.9. The van der Waals surface area contributed by atoms with Crippen LogP contribution in [-0.4, -0.2) is 54.8 Å². The first-order chi connectivity index (χ1) is 17.3. The van der Waals surface area contributed by atoms with Crippen LogP contribution in [0.5, 0.6) is 5.75 Å². The maximum absolute atomic E-state index is 13.4. The van der Waals surface area contributed by atoms with Crippen LogP contribution in [0.25, 0.3) is 0 Å². The van der Waals surface area contributed by atoms with Crippen molar-refractivity contribution < 1.29 is 17.9 Å². The smallest absolute Gasteiger partial charge is 0.228 e. The maximum Gasteiger partial charge on any atom is 0.228 e. The molecule has 1 N–H and O–H groups in total. The second kappa shape index (κ2) is 11.4. The minimum Gasteiger partial charge on any atom is -0.497 e. The van der Waals surface area contributed by atoms with Crippen molar-refractivity contribution in [2.45, 2.75) is 49.8 Å². The van der Waals surface area contributed by atoms with Crippen molar-refractivity contribution in [2.75, 3.05) is 26.1 Å². The van der Waals surface area contributed by atoms with Gasteiger partial charge in [0.05, 0.1) is 37.9 Å². The minimum absolute atomic E-state index is 0.0555. The Kier molecular flexibility index (Phi) is 8.28. The first kappa shape index (κ1) is 26.1. The van der Waals surface area contributed by atoms with Crippen molar-refractivity contribution in [1.29, 1.82) is 0 Å². The Bertz CT molecular complexity index is 1280. The van der Waals surface area contributed by atoms with Crippen LogP contribution in [-0.2, 0) is 33.4 Å². The van der Waals surface area contributed by atoms with E-state index in [1.807, 2.05) is 55.5 Å². The van der Waals surface area contributed by atoms with Crippen LogP contribution in [0.1, 0.15) is 29.7 Å². The number of nitrogens with zero attached hydrogens (tertiary/aromatic N) is 3. The standard InChI is InChI=1S/C26H32N4O4S2/c1-19-4-6-20(7-5-19)18-36(31,32)26-27-16-23(29(26)14-15-33-2)17-30(22-10-11-22)25(35)28-21-8-12-24(34-3)13-9-21/h4-9,12-13,16,22H,10-11,14-15,17-18H2,1-3H3,(H,28,35). The van der Waals surface area contributed by atoms with Crippen molar-refractivity contribution in [2.24, 2.45) is 0 Å². The van der Waals surface area contributed by atoms with Gasteiger partial charge in [-0.1, -0.05) is 29.8 Å². The second-order valence-corrected chi connectivity index (χ2v) is 11.2. The number of hydrogen-bond donors (Lipinski definition) is 1. The lowest BCUT2D eigenvalue weighted by atomic mass is 10.2. The summed E-state index contributed by atoms with van der Waals surface area (Å²) >= 11 is 5.75. The highest BCUT2D eigenvalue weighted by Crippen LogP contribution is 2.30. The summed E-state index contributed by atoms with van der Waals surface area (Å²) in [6.45, 7) is 3.17. The number of rotatable bonds is 11. The molecule has 1 aromatic heterocycles. The van der Waals surface area contributed by atoms with Gasteiger partial charge in [-0.3, -0.25) is 0 Å². The normalized spacial score (nSPS) is 13.4. The summed E-state index contributed by atoms with van der Waals surface area (Å²) in [5.74, 6) is 0.660. The molecule has 0 unspecified atom stereocenters. The second-order valence-electron chi connectivity index (χ2n) is 8.94. The van der Waals surface area contributed by atoms with E-state index in [0.29, 0.717) is 30.9 Å². The Morgan fingerprint density at radius 1 is 1.14 bits per heavy atom. The fraction of sp³-hybridized carbons (Fsp3) is 0.385. The van der Waals surface area contributed by atoms with Gasteiger partial charge in [0.25, 0.3) is 0 Å². The molecular formula is C26H32N4O4S2. The molecule has 3 aromatic rings. The predicted molar refractivity (Wildman–Crippen MR) is 144 cm³/mol. The molecule has 2 aromatic carbocycles. The van der Waals surface area contributed by atoms with Gasteiger partial charge in [-0.15, -0.1) is 0 Å². The molecule has 0 bridgehead atoms. The van der Waals surface area contributed by atoms with Crippen molar-refractivity contribution >= 4 is 32.9 Å². The van der Waals surface area contributed by atoms with Crippen LogP contribution >= 0.6 is 12.2 Å². The molecule has 0 atom stereocenters. The minimum atomic E-state index is -3.66. The highest BCUT2D eigenvalue weighted by Gasteiger charge is 2.33. The Morgan fingerprint density at radius 2 is 1.83 bits per heavy atom. The number of aryl methyl sites for hydroxylation is 1.